The Balaban J connectivity index is 1.46. The first kappa shape index (κ1) is 19.1. The van der Waals surface area contributed by atoms with Crippen LogP contribution >= 0.6 is 0 Å². The zero-order valence-electron chi connectivity index (χ0n) is 15.3. The first-order valence-corrected chi connectivity index (χ1v) is 9.21. The molecule has 6 nitrogen and oxygen atoms in total. The molecule has 29 heavy (non-hydrogen) atoms. The second kappa shape index (κ2) is 7.28. The molecule has 0 saturated heterocycles. The molecule has 0 N–H and O–H groups in total. The molecular formula is C20H17F3N4O2. The molecule has 1 saturated carbocycles. The van der Waals surface area contributed by atoms with Crippen molar-refractivity contribution in [2.75, 3.05) is 0 Å². The Morgan fingerprint density at radius 3 is 2.55 bits per heavy atom. The minimum Gasteiger partial charge on any atom is -0.490 e. The molecule has 0 amide bonds. The largest absolute Gasteiger partial charge is 0.490 e. The molecule has 2 aromatic heterocycles. The highest BCUT2D eigenvalue weighted by atomic mass is 19.4. The number of benzene rings is 1. The van der Waals surface area contributed by atoms with Gasteiger partial charge in [0.2, 0.25) is 0 Å². The third-order valence-electron chi connectivity index (χ3n) is 5.16. The van der Waals surface area contributed by atoms with Gasteiger partial charge in [0.05, 0.1) is 29.3 Å². The molecule has 0 unspecified atom stereocenters. The predicted molar refractivity (Wildman–Crippen MR) is 97.5 cm³/mol. The Labute approximate surface area is 163 Å². The Morgan fingerprint density at radius 2 is 1.90 bits per heavy atom. The van der Waals surface area contributed by atoms with Gasteiger partial charge < -0.3 is 4.74 Å². The lowest BCUT2D eigenvalue weighted by molar-refractivity contribution is -0.137. The summed E-state index contributed by atoms with van der Waals surface area (Å²) in [6.45, 7) is 0. The highest BCUT2D eigenvalue weighted by Gasteiger charge is 2.34. The van der Waals surface area contributed by atoms with Crippen LogP contribution in [0, 0.1) is 11.3 Å². The smallest absolute Gasteiger partial charge is 0.417 e. The van der Waals surface area contributed by atoms with E-state index in [1.54, 1.807) is 24.4 Å². The standard InChI is InChI=1S/C20H17F3N4O2/c21-20(22,23)17-11-16(7-4-13(17)12-24)29-15-8-5-14(6-9-15)27-19(28)26-10-2-1-3-18(26)25-27/h1-4,7,10-11,14-15H,5-6,8-9H2/t14-,15-. The number of nitrogens with zero attached hydrogens (tertiary/aromatic N) is 4. The highest BCUT2D eigenvalue weighted by molar-refractivity contribution is 5.44. The molecule has 1 aliphatic rings. The van der Waals surface area contributed by atoms with E-state index in [0.29, 0.717) is 31.3 Å². The summed E-state index contributed by atoms with van der Waals surface area (Å²) in [5, 5.41) is 13.3. The van der Waals surface area contributed by atoms with Crippen LogP contribution in [0.15, 0.2) is 47.4 Å². The van der Waals surface area contributed by atoms with Crippen LogP contribution < -0.4 is 10.4 Å². The van der Waals surface area contributed by atoms with Crippen molar-refractivity contribution in [2.45, 2.75) is 44.0 Å². The molecule has 4 rings (SSSR count). The van der Waals surface area contributed by atoms with Gasteiger partial charge in [-0.15, -0.1) is 5.10 Å². The van der Waals surface area contributed by atoms with Crippen LogP contribution in [-0.2, 0) is 6.18 Å². The first-order valence-electron chi connectivity index (χ1n) is 9.21. The number of pyridine rings is 1. The summed E-state index contributed by atoms with van der Waals surface area (Å²) in [6, 6.07) is 10.2. The number of hydrogen-bond acceptors (Lipinski definition) is 4. The van der Waals surface area contributed by atoms with Crippen LogP contribution in [0.5, 0.6) is 5.75 Å². The van der Waals surface area contributed by atoms with E-state index in [9.17, 15) is 18.0 Å². The zero-order valence-corrected chi connectivity index (χ0v) is 15.3. The van der Waals surface area contributed by atoms with Gasteiger partial charge in [-0.2, -0.15) is 18.4 Å². The fourth-order valence-corrected chi connectivity index (χ4v) is 3.71. The van der Waals surface area contributed by atoms with Gasteiger partial charge in [-0.3, -0.25) is 4.40 Å². The molecule has 0 aliphatic heterocycles. The summed E-state index contributed by atoms with van der Waals surface area (Å²) in [6.07, 6.45) is -0.759. The van der Waals surface area contributed by atoms with Gasteiger partial charge in [-0.1, -0.05) is 6.07 Å². The fraction of sp³-hybridized carbons (Fsp3) is 0.350. The lowest BCUT2D eigenvalue weighted by Gasteiger charge is -2.28. The minimum absolute atomic E-state index is 0.0750. The van der Waals surface area contributed by atoms with Gasteiger partial charge in [0, 0.05) is 6.20 Å². The molecule has 1 aromatic carbocycles. The maximum absolute atomic E-state index is 13.1. The normalized spacial score (nSPS) is 19.8. The van der Waals surface area contributed by atoms with Crippen molar-refractivity contribution >= 4 is 5.65 Å². The van der Waals surface area contributed by atoms with Gasteiger partial charge in [0.25, 0.3) is 0 Å². The van der Waals surface area contributed by atoms with Crippen LogP contribution in [0.3, 0.4) is 0 Å². The van der Waals surface area contributed by atoms with Crippen molar-refractivity contribution in [3.63, 3.8) is 0 Å². The minimum atomic E-state index is -4.62. The summed E-state index contributed by atoms with van der Waals surface area (Å²) in [4.78, 5) is 12.5. The van der Waals surface area contributed by atoms with Crippen molar-refractivity contribution in [3.05, 3.63) is 64.2 Å². The molecule has 150 valence electrons. The monoisotopic (exact) mass is 402 g/mol. The predicted octanol–water partition coefficient (Wildman–Crippen LogP) is 3.95. The summed E-state index contributed by atoms with van der Waals surface area (Å²) in [5.74, 6) is 0.0877. The van der Waals surface area contributed by atoms with Gasteiger partial charge >= 0.3 is 11.9 Å². The number of rotatable bonds is 3. The quantitative estimate of drug-likeness (QED) is 0.665. The zero-order chi connectivity index (χ0) is 20.6. The van der Waals surface area contributed by atoms with E-state index in [-0.39, 0.29) is 23.6 Å². The molecule has 0 bridgehead atoms. The maximum atomic E-state index is 13.1. The van der Waals surface area contributed by atoms with Crippen molar-refractivity contribution in [3.8, 4) is 11.8 Å². The third-order valence-corrected chi connectivity index (χ3v) is 5.16. The lowest BCUT2D eigenvalue weighted by Crippen LogP contribution is -2.31. The van der Waals surface area contributed by atoms with Crippen molar-refractivity contribution < 1.29 is 17.9 Å². The number of alkyl halides is 3. The van der Waals surface area contributed by atoms with Crippen LogP contribution in [0.25, 0.3) is 5.65 Å². The van der Waals surface area contributed by atoms with E-state index in [1.165, 1.54) is 15.1 Å². The van der Waals surface area contributed by atoms with Gasteiger partial charge in [-0.05, 0) is 56.0 Å². The average molecular weight is 402 g/mol. The second-order valence-electron chi connectivity index (χ2n) is 7.02. The topological polar surface area (TPSA) is 72.3 Å². The maximum Gasteiger partial charge on any atom is 0.417 e. The van der Waals surface area contributed by atoms with Gasteiger partial charge in [0.1, 0.15) is 5.75 Å². The number of halogens is 3. The van der Waals surface area contributed by atoms with Crippen LogP contribution in [0.2, 0.25) is 0 Å². The number of aromatic nitrogens is 3. The average Bonchev–Trinajstić information content (AvgIpc) is 3.05. The van der Waals surface area contributed by atoms with Gasteiger partial charge in [0.15, 0.2) is 5.65 Å². The van der Waals surface area contributed by atoms with Crippen molar-refractivity contribution in [1.29, 1.82) is 5.26 Å². The lowest BCUT2D eigenvalue weighted by atomic mass is 9.93. The van der Waals surface area contributed by atoms with E-state index in [4.69, 9.17) is 10.00 Å². The molecule has 0 atom stereocenters. The first-order chi connectivity index (χ1) is 13.9. The molecule has 1 fully saturated rings. The van der Waals surface area contributed by atoms with E-state index in [1.807, 2.05) is 6.07 Å². The Hall–Kier alpha value is -3.28. The highest BCUT2D eigenvalue weighted by Crippen LogP contribution is 2.36. The van der Waals surface area contributed by atoms with Crippen LogP contribution in [0.4, 0.5) is 13.2 Å². The summed E-state index contributed by atoms with van der Waals surface area (Å²) in [7, 11) is 0. The summed E-state index contributed by atoms with van der Waals surface area (Å²) >= 11 is 0. The van der Waals surface area contributed by atoms with Crippen molar-refractivity contribution in [1.82, 2.24) is 14.2 Å². The van der Waals surface area contributed by atoms with E-state index in [0.717, 1.165) is 12.1 Å². The molecular weight excluding hydrogens is 385 g/mol. The molecule has 3 aromatic rings. The molecule has 0 spiro atoms. The Kier molecular flexibility index (Phi) is 4.78. The van der Waals surface area contributed by atoms with Crippen LogP contribution in [-0.4, -0.2) is 20.3 Å². The van der Waals surface area contributed by atoms with Crippen LogP contribution in [0.1, 0.15) is 42.9 Å². The fourth-order valence-electron chi connectivity index (χ4n) is 3.71. The molecule has 9 heteroatoms. The second-order valence-corrected chi connectivity index (χ2v) is 7.02. The number of fused-ring (bicyclic) bond motifs is 1. The molecule has 2 heterocycles. The molecule has 0 radical (unpaired) electrons. The van der Waals surface area contributed by atoms with E-state index >= 15 is 0 Å². The van der Waals surface area contributed by atoms with Gasteiger partial charge in [-0.25, -0.2) is 9.48 Å². The SMILES string of the molecule is N#Cc1ccc(O[C@H]2CC[C@H](n3nc4ccccn4c3=O)CC2)cc1C(F)(F)F. The number of ether oxygens (including phenoxy) is 1. The van der Waals surface area contributed by atoms with Crippen molar-refractivity contribution in [2.24, 2.45) is 0 Å². The Bertz CT molecular complexity index is 1140. The summed E-state index contributed by atoms with van der Waals surface area (Å²) in [5.41, 5.74) is -1.05. The van der Waals surface area contributed by atoms with E-state index < -0.39 is 17.3 Å². The molecule has 1 aliphatic carbocycles. The van der Waals surface area contributed by atoms with E-state index in [2.05, 4.69) is 5.10 Å². The summed E-state index contributed by atoms with van der Waals surface area (Å²) < 4.78 is 48.0. The number of hydrogen-bond donors (Lipinski definition) is 0. The number of nitriles is 1. The Morgan fingerprint density at radius 1 is 1.14 bits per heavy atom. The third kappa shape index (κ3) is 3.70.